The number of ether oxygens (including phenoxy) is 1. The highest BCUT2D eigenvalue weighted by Crippen LogP contribution is 2.34. The molecule has 0 bridgehead atoms. The molecule has 122 valence electrons. The number of amides is 1. The summed E-state index contributed by atoms with van der Waals surface area (Å²) in [5.74, 6) is 0.00547. The van der Waals surface area contributed by atoms with Crippen molar-refractivity contribution in [2.45, 2.75) is 0 Å². The fourth-order valence-electron chi connectivity index (χ4n) is 2.13. The van der Waals surface area contributed by atoms with Gasteiger partial charge in [-0.3, -0.25) is 10.1 Å². The monoisotopic (exact) mass is 378 g/mol. The van der Waals surface area contributed by atoms with E-state index in [2.05, 4.69) is 10.3 Å². The van der Waals surface area contributed by atoms with Gasteiger partial charge in [0.1, 0.15) is 0 Å². The molecule has 0 saturated heterocycles. The number of hydrogen-bond donors (Lipinski definition) is 1. The van der Waals surface area contributed by atoms with Crippen molar-refractivity contribution in [2.75, 3.05) is 12.4 Å². The van der Waals surface area contributed by atoms with Crippen LogP contribution in [0.25, 0.3) is 11.3 Å². The number of hydrogen-bond acceptors (Lipinski definition) is 4. The van der Waals surface area contributed by atoms with Gasteiger partial charge in [0.15, 0.2) is 10.9 Å². The van der Waals surface area contributed by atoms with Crippen LogP contribution in [0.1, 0.15) is 10.4 Å². The highest BCUT2D eigenvalue weighted by atomic mass is 35.5. The number of nitrogens with one attached hydrogen (secondary N) is 1. The number of aromatic nitrogens is 1. The van der Waals surface area contributed by atoms with Crippen LogP contribution in [-0.2, 0) is 0 Å². The Kier molecular flexibility index (Phi) is 5.04. The average molecular weight is 379 g/mol. The number of anilines is 1. The zero-order valence-electron chi connectivity index (χ0n) is 12.5. The van der Waals surface area contributed by atoms with Crippen LogP contribution in [0.15, 0.2) is 47.8 Å². The van der Waals surface area contributed by atoms with Gasteiger partial charge in [0.2, 0.25) is 0 Å². The lowest BCUT2D eigenvalue weighted by molar-refractivity contribution is 0.102. The minimum absolute atomic E-state index is 0.277. The molecular weight excluding hydrogens is 367 g/mol. The zero-order chi connectivity index (χ0) is 17.1. The molecule has 1 heterocycles. The van der Waals surface area contributed by atoms with Crippen molar-refractivity contribution in [3.05, 3.63) is 63.5 Å². The second kappa shape index (κ2) is 7.21. The predicted molar refractivity (Wildman–Crippen MR) is 98.5 cm³/mol. The molecule has 0 radical (unpaired) electrons. The average Bonchev–Trinajstić information content (AvgIpc) is 3.04. The third-order valence-electron chi connectivity index (χ3n) is 3.26. The number of rotatable bonds is 4. The highest BCUT2D eigenvalue weighted by Gasteiger charge is 2.15. The Bertz CT molecular complexity index is 858. The predicted octanol–water partition coefficient (Wildman–Crippen LogP) is 5.38. The summed E-state index contributed by atoms with van der Waals surface area (Å²) < 4.78 is 5.08. The third kappa shape index (κ3) is 3.53. The molecule has 0 saturated carbocycles. The Labute approximate surface area is 153 Å². The van der Waals surface area contributed by atoms with Gasteiger partial charge in [0.25, 0.3) is 5.91 Å². The number of carbonyl (C=O) groups is 1. The first-order valence-corrected chi connectivity index (χ1v) is 8.57. The molecule has 0 aliphatic carbocycles. The molecule has 24 heavy (non-hydrogen) atoms. The minimum Gasteiger partial charge on any atom is -0.494 e. The first-order valence-electron chi connectivity index (χ1n) is 6.94. The number of methoxy groups -OCH3 is 1. The Morgan fingerprint density at radius 1 is 1.17 bits per heavy atom. The van der Waals surface area contributed by atoms with E-state index in [0.29, 0.717) is 16.4 Å². The molecule has 7 heteroatoms. The second-order valence-corrected chi connectivity index (χ2v) is 6.50. The zero-order valence-corrected chi connectivity index (χ0v) is 14.9. The summed E-state index contributed by atoms with van der Waals surface area (Å²) in [6.07, 6.45) is 0. The summed E-state index contributed by atoms with van der Waals surface area (Å²) >= 11 is 13.5. The van der Waals surface area contributed by atoms with Crippen LogP contribution < -0.4 is 10.1 Å². The topological polar surface area (TPSA) is 51.2 Å². The lowest BCUT2D eigenvalue weighted by Crippen LogP contribution is -2.12. The Morgan fingerprint density at radius 3 is 2.46 bits per heavy atom. The summed E-state index contributed by atoms with van der Waals surface area (Å²) in [7, 11) is 1.47. The number of nitrogens with zero attached hydrogens (tertiary/aromatic N) is 1. The van der Waals surface area contributed by atoms with Crippen molar-refractivity contribution in [1.29, 1.82) is 0 Å². The van der Waals surface area contributed by atoms with E-state index in [1.807, 2.05) is 35.7 Å². The molecule has 0 unspecified atom stereocenters. The van der Waals surface area contributed by atoms with E-state index in [1.165, 1.54) is 30.6 Å². The van der Waals surface area contributed by atoms with Crippen molar-refractivity contribution in [2.24, 2.45) is 0 Å². The van der Waals surface area contributed by atoms with Gasteiger partial charge in [-0.15, -0.1) is 11.3 Å². The maximum absolute atomic E-state index is 12.4. The van der Waals surface area contributed by atoms with Gasteiger partial charge >= 0.3 is 0 Å². The summed E-state index contributed by atoms with van der Waals surface area (Å²) in [5.41, 5.74) is 2.13. The van der Waals surface area contributed by atoms with Crippen molar-refractivity contribution in [3.8, 4) is 17.0 Å². The Balaban J connectivity index is 1.80. The van der Waals surface area contributed by atoms with Crippen LogP contribution in [-0.4, -0.2) is 18.0 Å². The van der Waals surface area contributed by atoms with Crippen LogP contribution in [0.5, 0.6) is 5.75 Å². The summed E-state index contributed by atoms with van der Waals surface area (Å²) in [5, 5.41) is 5.69. The quantitative estimate of drug-likeness (QED) is 0.662. The molecule has 0 atom stereocenters. The molecule has 1 amide bonds. The summed E-state index contributed by atoms with van der Waals surface area (Å²) in [6.45, 7) is 0. The van der Waals surface area contributed by atoms with Crippen LogP contribution in [0, 0.1) is 0 Å². The van der Waals surface area contributed by atoms with Gasteiger partial charge in [-0.2, -0.15) is 0 Å². The second-order valence-electron chi connectivity index (χ2n) is 4.83. The van der Waals surface area contributed by atoms with Crippen molar-refractivity contribution >= 4 is 45.6 Å². The normalized spacial score (nSPS) is 10.5. The first-order chi connectivity index (χ1) is 11.6. The fourth-order valence-corrected chi connectivity index (χ4v) is 3.48. The molecular formula is C17H12Cl2N2O2S. The van der Waals surface area contributed by atoms with Gasteiger partial charge in [-0.05, 0) is 12.1 Å². The van der Waals surface area contributed by atoms with Crippen molar-refractivity contribution < 1.29 is 9.53 Å². The third-order valence-corrected chi connectivity index (χ3v) is 4.58. The number of thiazole rings is 1. The number of benzene rings is 2. The molecule has 4 nitrogen and oxygen atoms in total. The minimum atomic E-state index is -0.338. The van der Waals surface area contributed by atoms with E-state index in [4.69, 9.17) is 27.9 Å². The SMILES string of the molecule is COc1c(Cl)cc(C(=O)Nc2nc(-c3ccccc3)cs2)cc1Cl. The van der Waals surface area contributed by atoms with Gasteiger partial charge < -0.3 is 4.74 Å². The summed E-state index contributed by atoms with van der Waals surface area (Å²) in [4.78, 5) is 16.8. The summed E-state index contributed by atoms with van der Waals surface area (Å²) in [6, 6.07) is 12.8. The van der Waals surface area contributed by atoms with Gasteiger partial charge in [-0.25, -0.2) is 4.98 Å². The molecule has 3 rings (SSSR count). The molecule has 1 aromatic heterocycles. The van der Waals surface area contributed by atoms with Crippen molar-refractivity contribution in [3.63, 3.8) is 0 Å². The molecule has 0 fully saturated rings. The molecule has 0 aliphatic heterocycles. The maximum Gasteiger partial charge on any atom is 0.257 e. The smallest absolute Gasteiger partial charge is 0.257 e. The number of carbonyl (C=O) groups excluding carboxylic acids is 1. The Morgan fingerprint density at radius 2 is 1.83 bits per heavy atom. The lowest BCUT2D eigenvalue weighted by Gasteiger charge is -2.08. The maximum atomic E-state index is 12.4. The van der Waals surface area contributed by atoms with Gasteiger partial charge in [0, 0.05) is 16.5 Å². The largest absolute Gasteiger partial charge is 0.494 e. The van der Waals surface area contributed by atoms with E-state index in [9.17, 15) is 4.79 Å². The molecule has 0 aliphatic rings. The van der Waals surface area contributed by atoms with E-state index < -0.39 is 0 Å². The van der Waals surface area contributed by atoms with E-state index in [0.717, 1.165) is 11.3 Å². The molecule has 2 aromatic carbocycles. The molecule has 1 N–H and O–H groups in total. The van der Waals surface area contributed by atoms with E-state index >= 15 is 0 Å². The molecule has 0 spiro atoms. The lowest BCUT2D eigenvalue weighted by atomic mass is 10.2. The van der Waals surface area contributed by atoms with E-state index in [1.54, 1.807) is 0 Å². The van der Waals surface area contributed by atoms with Crippen LogP contribution in [0.2, 0.25) is 10.0 Å². The van der Waals surface area contributed by atoms with Crippen molar-refractivity contribution in [1.82, 2.24) is 4.98 Å². The fraction of sp³-hybridized carbons (Fsp3) is 0.0588. The van der Waals surface area contributed by atoms with Crippen LogP contribution >= 0.6 is 34.5 Å². The number of halogens is 2. The first kappa shape index (κ1) is 16.8. The van der Waals surface area contributed by atoms with Crippen LogP contribution in [0.3, 0.4) is 0 Å². The van der Waals surface area contributed by atoms with Gasteiger partial charge in [-0.1, -0.05) is 53.5 Å². The highest BCUT2D eigenvalue weighted by molar-refractivity contribution is 7.14. The Hall–Kier alpha value is -2.08. The van der Waals surface area contributed by atoms with E-state index in [-0.39, 0.29) is 16.0 Å². The van der Waals surface area contributed by atoms with Gasteiger partial charge in [0.05, 0.1) is 22.8 Å². The standard InChI is InChI=1S/C17H12Cl2N2O2S/c1-23-15-12(18)7-11(8-13(15)19)16(22)21-17-20-14(9-24-17)10-5-3-2-4-6-10/h2-9H,1H3,(H,20,21,22). The van der Waals surface area contributed by atoms with Crippen LogP contribution in [0.4, 0.5) is 5.13 Å². The molecule has 3 aromatic rings.